The zero-order valence-corrected chi connectivity index (χ0v) is 15.5. The molecule has 1 N–H and O–H groups in total. The van der Waals surface area contributed by atoms with Gasteiger partial charge in [-0.2, -0.15) is 0 Å². The first-order valence-electron chi connectivity index (χ1n) is 8.48. The van der Waals surface area contributed by atoms with Gasteiger partial charge in [-0.25, -0.2) is 0 Å². The lowest BCUT2D eigenvalue weighted by atomic mass is 9.86. The number of hydrogen-bond acceptors (Lipinski definition) is 3. The molecule has 3 aromatic carbocycles. The molecular formula is C23H19NOS. The summed E-state index contributed by atoms with van der Waals surface area (Å²) in [5.41, 5.74) is 2.40. The normalized spacial score (nSPS) is 13.8. The van der Waals surface area contributed by atoms with Gasteiger partial charge in [0.05, 0.1) is 0 Å². The van der Waals surface area contributed by atoms with E-state index in [1.165, 1.54) is 0 Å². The van der Waals surface area contributed by atoms with Crippen molar-refractivity contribution in [2.45, 2.75) is 15.4 Å². The molecule has 0 aromatic heterocycles. The van der Waals surface area contributed by atoms with Crippen molar-refractivity contribution in [2.24, 2.45) is 0 Å². The number of rotatable bonds is 1. The number of nitrogens with zero attached hydrogens (tertiary/aromatic N) is 1. The van der Waals surface area contributed by atoms with Gasteiger partial charge in [0, 0.05) is 46.3 Å². The molecule has 0 aliphatic carbocycles. The Balaban J connectivity index is 1.81. The van der Waals surface area contributed by atoms with Gasteiger partial charge in [0.15, 0.2) is 5.60 Å². The fourth-order valence-corrected chi connectivity index (χ4v) is 4.29. The second-order valence-corrected chi connectivity index (χ2v) is 7.58. The predicted molar refractivity (Wildman–Crippen MR) is 108 cm³/mol. The second kappa shape index (κ2) is 6.57. The maximum atomic E-state index is 11.6. The van der Waals surface area contributed by atoms with Gasteiger partial charge in [-0.3, -0.25) is 0 Å². The molecule has 128 valence electrons. The molecule has 3 aromatic rings. The highest BCUT2D eigenvalue weighted by molar-refractivity contribution is 7.99. The van der Waals surface area contributed by atoms with E-state index in [0.717, 1.165) is 32.2 Å². The molecule has 1 heterocycles. The molecule has 4 rings (SSSR count). The molecule has 0 fully saturated rings. The molecule has 0 saturated heterocycles. The Morgan fingerprint density at radius 3 is 1.88 bits per heavy atom. The number of anilines is 1. The van der Waals surface area contributed by atoms with Crippen LogP contribution in [0.15, 0.2) is 82.6 Å². The van der Waals surface area contributed by atoms with Crippen molar-refractivity contribution in [3.63, 3.8) is 0 Å². The van der Waals surface area contributed by atoms with Gasteiger partial charge in [-0.05, 0) is 36.4 Å². The lowest BCUT2D eigenvalue weighted by Gasteiger charge is -2.31. The summed E-state index contributed by atoms with van der Waals surface area (Å²) in [6.07, 6.45) is 0. The Kier molecular flexibility index (Phi) is 4.24. The van der Waals surface area contributed by atoms with Crippen LogP contribution < -0.4 is 4.90 Å². The molecule has 0 radical (unpaired) electrons. The number of fused-ring (bicyclic) bond motifs is 2. The molecule has 0 spiro atoms. The quantitative estimate of drug-likeness (QED) is 0.649. The lowest BCUT2D eigenvalue weighted by molar-refractivity contribution is 0.138. The summed E-state index contributed by atoms with van der Waals surface area (Å²) in [4.78, 5) is 4.15. The summed E-state index contributed by atoms with van der Waals surface area (Å²) in [5.74, 6) is 6.33. The van der Waals surface area contributed by atoms with Crippen LogP contribution in [0.5, 0.6) is 0 Å². The van der Waals surface area contributed by atoms with Crippen molar-refractivity contribution >= 4 is 17.4 Å². The van der Waals surface area contributed by atoms with E-state index in [1.807, 2.05) is 86.9 Å². The van der Waals surface area contributed by atoms with Crippen molar-refractivity contribution in [3.05, 3.63) is 89.5 Å². The van der Waals surface area contributed by atoms with E-state index in [4.69, 9.17) is 0 Å². The molecule has 0 atom stereocenters. The number of benzene rings is 3. The van der Waals surface area contributed by atoms with Crippen molar-refractivity contribution in [3.8, 4) is 11.8 Å². The van der Waals surface area contributed by atoms with Crippen LogP contribution in [0.4, 0.5) is 5.69 Å². The Hall–Kier alpha value is -2.67. The maximum Gasteiger partial charge on any atom is 0.179 e. The van der Waals surface area contributed by atoms with Gasteiger partial charge >= 0.3 is 0 Å². The highest BCUT2D eigenvalue weighted by Gasteiger charge is 2.37. The van der Waals surface area contributed by atoms with Crippen molar-refractivity contribution in [2.75, 3.05) is 19.0 Å². The molecule has 2 nitrogen and oxygen atoms in total. The average molecular weight is 357 g/mol. The van der Waals surface area contributed by atoms with Crippen molar-refractivity contribution < 1.29 is 5.11 Å². The Morgan fingerprint density at radius 2 is 1.35 bits per heavy atom. The molecule has 1 aliphatic rings. The summed E-state index contributed by atoms with van der Waals surface area (Å²) in [5, 5.41) is 11.6. The lowest BCUT2D eigenvalue weighted by Crippen LogP contribution is -2.29. The minimum Gasteiger partial charge on any atom is -0.378 e. The van der Waals surface area contributed by atoms with Gasteiger partial charge in [0.2, 0.25) is 0 Å². The number of hydrogen-bond donors (Lipinski definition) is 1. The SMILES string of the molecule is CN(C)c1ccc(C#CC2(O)c3ccccc3Sc3ccccc32)cc1. The van der Waals surface area contributed by atoms with Crippen LogP contribution in [-0.2, 0) is 5.60 Å². The smallest absolute Gasteiger partial charge is 0.179 e. The Morgan fingerprint density at radius 1 is 0.808 bits per heavy atom. The van der Waals surface area contributed by atoms with Gasteiger partial charge < -0.3 is 10.0 Å². The highest BCUT2D eigenvalue weighted by atomic mass is 32.2. The third-order valence-electron chi connectivity index (χ3n) is 4.55. The molecule has 1 aliphatic heterocycles. The molecule has 26 heavy (non-hydrogen) atoms. The average Bonchev–Trinajstić information content (AvgIpc) is 2.67. The van der Waals surface area contributed by atoms with Crippen molar-refractivity contribution in [1.82, 2.24) is 0 Å². The first-order valence-corrected chi connectivity index (χ1v) is 9.29. The summed E-state index contributed by atoms with van der Waals surface area (Å²) < 4.78 is 0. The Bertz CT molecular complexity index is 967. The van der Waals surface area contributed by atoms with Crippen LogP contribution >= 0.6 is 11.8 Å². The van der Waals surface area contributed by atoms with Gasteiger partial charge in [-0.1, -0.05) is 60.0 Å². The standard InChI is InChI=1S/C23H19NOS/c1-24(2)18-13-11-17(12-14-18)15-16-23(25)19-7-3-5-9-21(19)26-22-10-6-4-8-20(22)23/h3-14,25H,1-2H3. The zero-order valence-electron chi connectivity index (χ0n) is 14.7. The number of aliphatic hydroxyl groups is 1. The zero-order chi connectivity index (χ0) is 18.1. The third-order valence-corrected chi connectivity index (χ3v) is 5.70. The van der Waals surface area contributed by atoms with E-state index in [1.54, 1.807) is 11.8 Å². The van der Waals surface area contributed by atoms with Gasteiger partial charge in [-0.15, -0.1) is 0 Å². The third kappa shape index (κ3) is 2.88. The monoisotopic (exact) mass is 357 g/mol. The van der Waals surface area contributed by atoms with Gasteiger partial charge in [0.25, 0.3) is 0 Å². The first-order chi connectivity index (χ1) is 12.6. The van der Waals surface area contributed by atoms with E-state index in [9.17, 15) is 5.11 Å². The fraction of sp³-hybridized carbons (Fsp3) is 0.130. The van der Waals surface area contributed by atoms with E-state index in [0.29, 0.717) is 0 Å². The predicted octanol–water partition coefficient (Wildman–Crippen LogP) is 4.50. The van der Waals surface area contributed by atoms with E-state index < -0.39 is 5.60 Å². The summed E-state index contributed by atoms with van der Waals surface area (Å²) >= 11 is 1.68. The topological polar surface area (TPSA) is 23.5 Å². The highest BCUT2D eigenvalue weighted by Crippen LogP contribution is 2.47. The molecule has 0 saturated carbocycles. The summed E-state index contributed by atoms with van der Waals surface area (Å²) in [6, 6.07) is 23.9. The molecule has 3 heteroatoms. The second-order valence-electron chi connectivity index (χ2n) is 6.50. The van der Waals surface area contributed by atoms with Gasteiger partial charge in [0.1, 0.15) is 0 Å². The van der Waals surface area contributed by atoms with Crippen molar-refractivity contribution in [1.29, 1.82) is 0 Å². The molecular weight excluding hydrogens is 338 g/mol. The van der Waals surface area contributed by atoms with E-state index in [-0.39, 0.29) is 0 Å². The van der Waals surface area contributed by atoms with Crippen LogP contribution in [0.2, 0.25) is 0 Å². The first kappa shape index (κ1) is 16.8. The molecule has 0 unspecified atom stereocenters. The summed E-state index contributed by atoms with van der Waals surface area (Å²) in [7, 11) is 4.02. The fourth-order valence-electron chi connectivity index (χ4n) is 3.11. The van der Waals surface area contributed by atoms with Crippen LogP contribution in [0.1, 0.15) is 16.7 Å². The summed E-state index contributed by atoms with van der Waals surface area (Å²) in [6.45, 7) is 0. The van der Waals surface area contributed by atoms with Crippen LogP contribution in [0, 0.1) is 11.8 Å². The van der Waals surface area contributed by atoms with Crippen LogP contribution in [0.25, 0.3) is 0 Å². The molecule has 0 bridgehead atoms. The van der Waals surface area contributed by atoms with Crippen LogP contribution in [-0.4, -0.2) is 19.2 Å². The Labute approximate surface area is 158 Å². The largest absolute Gasteiger partial charge is 0.378 e. The van der Waals surface area contributed by atoms with E-state index >= 15 is 0 Å². The molecule has 0 amide bonds. The minimum absolute atomic E-state index is 0.848. The van der Waals surface area contributed by atoms with Crippen LogP contribution in [0.3, 0.4) is 0 Å². The van der Waals surface area contributed by atoms with E-state index in [2.05, 4.69) is 16.7 Å². The minimum atomic E-state index is -1.31. The maximum absolute atomic E-state index is 11.6.